The topological polar surface area (TPSA) is 107 Å². The van der Waals surface area contributed by atoms with E-state index in [9.17, 15) is 9.59 Å². The molecule has 0 atom stereocenters. The maximum absolute atomic E-state index is 11.9. The molecule has 2 heterocycles. The van der Waals surface area contributed by atoms with Gasteiger partial charge in [0.05, 0.1) is 18.5 Å². The van der Waals surface area contributed by atoms with Crippen LogP contribution < -0.4 is 15.8 Å². The van der Waals surface area contributed by atoms with E-state index in [0.29, 0.717) is 16.3 Å². The van der Waals surface area contributed by atoms with Crippen molar-refractivity contribution in [3.8, 4) is 5.19 Å². The highest BCUT2D eigenvalue weighted by Gasteiger charge is 2.17. The average Bonchev–Trinajstić information content (AvgIpc) is 2.95. The lowest BCUT2D eigenvalue weighted by molar-refractivity contribution is 0.0951. The van der Waals surface area contributed by atoms with Crippen LogP contribution in [0.3, 0.4) is 0 Å². The van der Waals surface area contributed by atoms with Crippen molar-refractivity contribution in [2.45, 2.75) is 13.5 Å². The van der Waals surface area contributed by atoms with Crippen LogP contribution in [0.5, 0.6) is 5.19 Å². The smallest absolute Gasteiger partial charge is 0.411 e. The van der Waals surface area contributed by atoms with Crippen LogP contribution in [0.15, 0.2) is 22.8 Å². The number of thiazole rings is 1. The summed E-state index contributed by atoms with van der Waals surface area (Å²) in [5, 5.41) is 2.72. The number of primary amides is 1. The summed E-state index contributed by atoms with van der Waals surface area (Å²) in [6, 6.07) is 3.49. The molecule has 2 rings (SSSR count). The lowest BCUT2D eigenvalue weighted by Gasteiger charge is -2.00. The minimum absolute atomic E-state index is 0.0492. The minimum Gasteiger partial charge on any atom is -0.467 e. The van der Waals surface area contributed by atoms with Gasteiger partial charge < -0.3 is 20.2 Å². The van der Waals surface area contributed by atoms with Gasteiger partial charge in [-0.05, 0) is 19.1 Å². The number of amides is 2. The maximum Gasteiger partial charge on any atom is 0.411 e. The summed E-state index contributed by atoms with van der Waals surface area (Å²) in [6.07, 6.45) is 0.564. The van der Waals surface area contributed by atoms with Gasteiger partial charge in [-0.2, -0.15) is 0 Å². The molecule has 0 aliphatic rings. The molecule has 0 radical (unpaired) electrons. The monoisotopic (exact) mass is 281 g/mol. The molecule has 2 amide bonds. The highest BCUT2D eigenvalue weighted by molar-refractivity contribution is 7.15. The van der Waals surface area contributed by atoms with Gasteiger partial charge in [-0.3, -0.25) is 4.79 Å². The fraction of sp³-hybridized carbons (Fsp3) is 0.182. The van der Waals surface area contributed by atoms with Crippen molar-refractivity contribution in [2.24, 2.45) is 5.73 Å². The standard InChI is InChI=1S/C11H11N3O4S/c1-6-8(19-11(14-6)18-10(12)16)9(15)13-5-7-3-2-4-17-7/h2-4H,5H2,1H3,(H2,12,16)(H,13,15). The Kier molecular flexibility index (Phi) is 3.81. The Labute approximate surface area is 112 Å². The van der Waals surface area contributed by atoms with Crippen LogP contribution in [0.4, 0.5) is 4.79 Å². The van der Waals surface area contributed by atoms with Gasteiger partial charge >= 0.3 is 6.09 Å². The fourth-order valence-electron chi connectivity index (χ4n) is 1.37. The molecule has 7 nitrogen and oxygen atoms in total. The second-order valence-corrected chi connectivity index (χ2v) is 4.54. The first-order valence-electron chi connectivity index (χ1n) is 5.31. The summed E-state index contributed by atoms with van der Waals surface area (Å²) in [4.78, 5) is 26.8. The Morgan fingerprint density at radius 2 is 2.37 bits per heavy atom. The van der Waals surface area contributed by atoms with Crippen LogP contribution in [0.25, 0.3) is 0 Å². The van der Waals surface area contributed by atoms with Crippen molar-refractivity contribution < 1.29 is 18.7 Å². The van der Waals surface area contributed by atoms with E-state index >= 15 is 0 Å². The molecule has 0 saturated carbocycles. The van der Waals surface area contributed by atoms with Gasteiger partial charge in [-0.1, -0.05) is 11.3 Å². The van der Waals surface area contributed by atoms with Crippen molar-refractivity contribution in [2.75, 3.05) is 0 Å². The van der Waals surface area contributed by atoms with Crippen LogP contribution >= 0.6 is 11.3 Å². The first-order valence-corrected chi connectivity index (χ1v) is 6.13. The number of aryl methyl sites for hydroxylation is 1. The molecule has 0 fully saturated rings. The molecular formula is C11H11N3O4S. The molecule has 0 aliphatic carbocycles. The van der Waals surface area contributed by atoms with Gasteiger partial charge in [-0.25, -0.2) is 9.78 Å². The van der Waals surface area contributed by atoms with E-state index in [4.69, 9.17) is 10.2 Å². The normalized spacial score (nSPS) is 10.2. The largest absolute Gasteiger partial charge is 0.467 e. The summed E-state index contributed by atoms with van der Waals surface area (Å²) in [7, 11) is 0. The van der Waals surface area contributed by atoms with Crippen LogP contribution in [-0.4, -0.2) is 17.0 Å². The second kappa shape index (κ2) is 5.53. The van der Waals surface area contributed by atoms with Gasteiger partial charge in [0.15, 0.2) is 0 Å². The van der Waals surface area contributed by atoms with Gasteiger partial charge in [0.1, 0.15) is 10.6 Å². The summed E-state index contributed by atoms with van der Waals surface area (Å²) in [5.74, 6) is 0.329. The van der Waals surface area contributed by atoms with E-state index in [1.807, 2.05) is 0 Å². The molecule has 0 saturated heterocycles. The molecule has 8 heteroatoms. The number of aromatic nitrogens is 1. The number of hydrogen-bond acceptors (Lipinski definition) is 6. The number of rotatable bonds is 4. The number of ether oxygens (including phenoxy) is 1. The van der Waals surface area contributed by atoms with Crippen molar-refractivity contribution in [3.05, 3.63) is 34.7 Å². The quantitative estimate of drug-likeness (QED) is 0.881. The zero-order valence-electron chi connectivity index (χ0n) is 10.0. The number of nitrogens with zero attached hydrogens (tertiary/aromatic N) is 1. The zero-order valence-corrected chi connectivity index (χ0v) is 10.8. The minimum atomic E-state index is -0.962. The van der Waals surface area contributed by atoms with Crippen LogP contribution in [0.1, 0.15) is 21.1 Å². The van der Waals surface area contributed by atoms with E-state index in [-0.39, 0.29) is 17.6 Å². The zero-order chi connectivity index (χ0) is 13.8. The molecule has 0 aromatic carbocycles. The number of nitrogens with two attached hydrogens (primary N) is 1. The van der Waals surface area contributed by atoms with E-state index in [1.165, 1.54) is 6.26 Å². The number of furan rings is 1. The van der Waals surface area contributed by atoms with Crippen molar-refractivity contribution in [1.29, 1.82) is 0 Å². The van der Waals surface area contributed by atoms with E-state index in [1.54, 1.807) is 19.1 Å². The summed E-state index contributed by atoms with van der Waals surface area (Å²) in [5.41, 5.74) is 5.35. The number of nitrogens with one attached hydrogen (secondary N) is 1. The van der Waals surface area contributed by atoms with Crippen molar-refractivity contribution in [3.63, 3.8) is 0 Å². The number of hydrogen-bond donors (Lipinski definition) is 2. The fourth-order valence-corrected chi connectivity index (χ4v) is 2.21. The molecule has 0 aliphatic heterocycles. The molecular weight excluding hydrogens is 270 g/mol. The third-order valence-corrected chi connectivity index (χ3v) is 3.21. The molecule has 2 aromatic heterocycles. The summed E-state index contributed by atoms with van der Waals surface area (Å²) < 4.78 is 9.72. The molecule has 0 bridgehead atoms. The molecule has 0 unspecified atom stereocenters. The number of carbonyl (C=O) groups is 2. The summed E-state index contributed by atoms with van der Waals surface area (Å²) in [6.45, 7) is 1.92. The van der Waals surface area contributed by atoms with E-state index < -0.39 is 6.09 Å². The molecule has 100 valence electrons. The van der Waals surface area contributed by atoms with Crippen LogP contribution in [0.2, 0.25) is 0 Å². The Balaban J connectivity index is 2.02. The third-order valence-electron chi connectivity index (χ3n) is 2.17. The SMILES string of the molecule is Cc1nc(OC(N)=O)sc1C(=O)NCc1ccco1. The molecule has 19 heavy (non-hydrogen) atoms. The van der Waals surface area contributed by atoms with E-state index in [2.05, 4.69) is 15.0 Å². The lowest BCUT2D eigenvalue weighted by atomic mass is 10.3. The van der Waals surface area contributed by atoms with Crippen LogP contribution in [0, 0.1) is 6.92 Å². The van der Waals surface area contributed by atoms with Gasteiger partial charge in [0.2, 0.25) is 0 Å². The number of carbonyl (C=O) groups excluding carboxylic acids is 2. The predicted octanol–water partition coefficient (Wildman–Crippen LogP) is 1.43. The lowest BCUT2D eigenvalue weighted by Crippen LogP contribution is -2.22. The van der Waals surface area contributed by atoms with Crippen molar-refractivity contribution in [1.82, 2.24) is 10.3 Å². The Morgan fingerprint density at radius 1 is 1.58 bits per heavy atom. The highest BCUT2D eigenvalue weighted by atomic mass is 32.1. The molecule has 0 spiro atoms. The Hall–Kier alpha value is -2.35. The van der Waals surface area contributed by atoms with Gasteiger partial charge in [0, 0.05) is 0 Å². The third kappa shape index (κ3) is 3.32. The predicted molar refractivity (Wildman–Crippen MR) is 66.9 cm³/mol. The van der Waals surface area contributed by atoms with Gasteiger partial charge in [-0.15, -0.1) is 0 Å². The highest BCUT2D eigenvalue weighted by Crippen LogP contribution is 2.24. The van der Waals surface area contributed by atoms with E-state index in [0.717, 1.165) is 11.3 Å². The first kappa shape index (κ1) is 13.1. The Morgan fingerprint density at radius 3 is 3.00 bits per heavy atom. The average molecular weight is 281 g/mol. The maximum atomic E-state index is 11.9. The summed E-state index contributed by atoms with van der Waals surface area (Å²) >= 11 is 0.956. The van der Waals surface area contributed by atoms with Crippen molar-refractivity contribution >= 4 is 23.3 Å². The molecule has 2 aromatic rings. The second-order valence-electron chi connectivity index (χ2n) is 3.58. The van der Waals surface area contributed by atoms with Gasteiger partial charge in [0.25, 0.3) is 11.1 Å². The Bertz CT molecular complexity index is 591. The van der Waals surface area contributed by atoms with Crippen LogP contribution in [-0.2, 0) is 6.54 Å². The first-order chi connectivity index (χ1) is 9.06. The molecule has 3 N–H and O–H groups in total.